The SMILES string of the molecule is COc1ccc(NC(=O)Cn2cnc3scc(-c4ccc(F)cc4)c3c2=O)cc1. The van der Waals surface area contributed by atoms with Crippen molar-refractivity contribution in [3.63, 3.8) is 0 Å². The fourth-order valence-electron chi connectivity index (χ4n) is 2.95. The molecule has 0 fully saturated rings. The molecule has 1 N–H and O–H groups in total. The van der Waals surface area contributed by atoms with E-state index in [0.717, 1.165) is 5.56 Å². The number of benzene rings is 2. The van der Waals surface area contributed by atoms with Crippen molar-refractivity contribution in [1.82, 2.24) is 9.55 Å². The number of nitrogens with zero attached hydrogens (tertiary/aromatic N) is 2. The lowest BCUT2D eigenvalue weighted by atomic mass is 10.1. The largest absolute Gasteiger partial charge is 0.497 e. The van der Waals surface area contributed by atoms with Crippen LogP contribution in [0.1, 0.15) is 0 Å². The molecule has 0 aliphatic carbocycles. The van der Waals surface area contributed by atoms with Gasteiger partial charge in [-0.2, -0.15) is 0 Å². The minimum Gasteiger partial charge on any atom is -0.497 e. The third-order valence-electron chi connectivity index (χ3n) is 4.40. The van der Waals surface area contributed by atoms with Crippen LogP contribution >= 0.6 is 11.3 Å². The third-order valence-corrected chi connectivity index (χ3v) is 5.29. The molecule has 0 aliphatic heterocycles. The minimum atomic E-state index is -0.350. The normalized spacial score (nSPS) is 10.8. The van der Waals surface area contributed by atoms with E-state index >= 15 is 0 Å². The van der Waals surface area contributed by atoms with Crippen molar-refractivity contribution in [3.8, 4) is 16.9 Å². The number of nitrogens with one attached hydrogen (secondary N) is 1. The van der Waals surface area contributed by atoms with Gasteiger partial charge in [0, 0.05) is 16.6 Å². The maximum absolute atomic E-state index is 13.2. The number of aromatic nitrogens is 2. The fraction of sp³-hybridized carbons (Fsp3) is 0.0952. The molecule has 4 aromatic rings. The predicted octanol–water partition coefficient (Wildman–Crippen LogP) is 3.91. The number of thiophene rings is 1. The van der Waals surface area contributed by atoms with Gasteiger partial charge in [-0.05, 0) is 42.0 Å². The summed E-state index contributed by atoms with van der Waals surface area (Å²) >= 11 is 1.33. The van der Waals surface area contributed by atoms with Crippen LogP contribution in [0.5, 0.6) is 5.75 Å². The molecule has 8 heteroatoms. The predicted molar refractivity (Wildman–Crippen MR) is 111 cm³/mol. The first kappa shape index (κ1) is 18.8. The monoisotopic (exact) mass is 409 g/mol. The van der Waals surface area contributed by atoms with Crippen molar-refractivity contribution in [2.75, 3.05) is 12.4 Å². The van der Waals surface area contributed by atoms with Gasteiger partial charge in [-0.15, -0.1) is 11.3 Å². The number of fused-ring (bicyclic) bond motifs is 1. The average molecular weight is 409 g/mol. The van der Waals surface area contributed by atoms with E-state index in [1.165, 1.54) is 34.4 Å². The van der Waals surface area contributed by atoms with Crippen molar-refractivity contribution in [2.45, 2.75) is 6.54 Å². The highest BCUT2D eigenvalue weighted by Crippen LogP contribution is 2.30. The number of carbonyl (C=O) groups excluding carboxylic acids is 1. The summed E-state index contributed by atoms with van der Waals surface area (Å²) in [6.07, 6.45) is 1.36. The van der Waals surface area contributed by atoms with Crippen LogP contribution in [0, 0.1) is 5.82 Å². The summed E-state index contributed by atoms with van der Waals surface area (Å²) in [5.74, 6) is -0.0179. The molecule has 1 amide bonds. The van der Waals surface area contributed by atoms with Crippen LogP contribution in [0.4, 0.5) is 10.1 Å². The molecule has 6 nitrogen and oxygen atoms in total. The van der Waals surface area contributed by atoms with E-state index in [1.807, 2.05) is 5.38 Å². The van der Waals surface area contributed by atoms with Crippen LogP contribution in [0.15, 0.2) is 65.0 Å². The number of methoxy groups -OCH3 is 1. The number of ether oxygens (including phenoxy) is 1. The van der Waals surface area contributed by atoms with E-state index < -0.39 is 0 Å². The van der Waals surface area contributed by atoms with Gasteiger partial charge in [0.1, 0.15) is 22.9 Å². The molecule has 2 heterocycles. The zero-order valence-electron chi connectivity index (χ0n) is 15.4. The molecule has 0 radical (unpaired) electrons. The molecule has 0 spiro atoms. The highest BCUT2D eigenvalue weighted by Gasteiger charge is 2.15. The highest BCUT2D eigenvalue weighted by molar-refractivity contribution is 7.17. The quantitative estimate of drug-likeness (QED) is 0.542. The molecule has 146 valence electrons. The summed E-state index contributed by atoms with van der Waals surface area (Å²) < 4.78 is 19.6. The Bertz CT molecular complexity index is 1230. The summed E-state index contributed by atoms with van der Waals surface area (Å²) in [5, 5.41) is 4.97. The topological polar surface area (TPSA) is 73.2 Å². The first-order chi connectivity index (χ1) is 14.0. The van der Waals surface area contributed by atoms with E-state index in [-0.39, 0.29) is 23.8 Å². The number of amides is 1. The Labute approximate surface area is 169 Å². The molecular weight excluding hydrogens is 393 g/mol. The van der Waals surface area contributed by atoms with Crippen LogP contribution in [0.2, 0.25) is 0 Å². The van der Waals surface area contributed by atoms with Crippen LogP contribution in [-0.2, 0) is 11.3 Å². The lowest BCUT2D eigenvalue weighted by molar-refractivity contribution is -0.116. The molecule has 29 heavy (non-hydrogen) atoms. The van der Waals surface area contributed by atoms with Gasteiger partial charge in [-0.1, -0.05) is 12.1 Å². The smallest absolute Gasteiger partial charge is 0.263 e. The zero-order chi connectivity index (χ0) is 20.4. The lowest BCUT2D eigenvalue weighted by Crippen LogP contribution is -2.27. The number of halogens is 1. The van der Waals surface area contributed by atoms with E-state index in [9.17, 15) is 14.0 Å². The van der Waals surface area contributed by atoms with Crippen LogP contribution < -0.4 is 15.6 Å². The Hall–Kier alpha value is -3.52. The van der Waals surface area contributed by atoms with Crippen molar-refractivity contribution >= 4 is 33.1 Å². The van der Waals surface area contributed by atoms with Gasteiger partial charge in [0.25, 0.3) is 5.56 Å². The second kappa shape index (κ2) is 7.84. The van der Waals surface area contributed by atoms with Gasteiger partial charge in [0.2, 0.25) is 5.91 Å². The molecule has 2 aromatic carbocycles. The number of hydrogen-bond acceptors (Lipinski definition) is 5. The van der Waals surface area contributed by atoms with Gasteiger partial charge in [0.05, 0.1) is 18.8 Å². The fourth-order valence-corrected chi connectivity index (χ4v) is 3.86. The number of anilines is 1. The van der Waals surface area contributed by atoms with E-state index in [0.29, 0.717) is 27.2 Å². The lowest BCUT2D eigenvalue weighted by Gasteiger charge is -2.08. The Morgan fingerprint density at radius 1 is 1.17 bits per heavy atom. The molecule has 0 bridgehead atoms. The highest BCUT2D eigenvalue weighted by atomic mass is 32.1. The van der Waals surface area contributed by atoms with Gasteiger partial charge < -0.3 is 10.1 Å². The average Bonchev–Trinajstić information content (AvgIpc) is 3.16. The zero-order valence-corrected chi connectivity index (χ0v) is 16.2. The Morgan fingerprint density at radius 3 is 2.59 bits per heavy atom. The van der Waals surface area contributed by atoms with E-state index in [1.54, 1.807) is 43.5 Å². The summed E-state index contributed by atoms with van der Waals surface area (Å²) in [7, 11) is 1.56. The number of carbonyl (C=O) groups is 1. The van der Waals surface area contributed by atoms with Gasteiger partial charge in [-0.25, -0.2) is 9.37 Å². The van der Waals surface area contributed by atoms with Crippen LogP contribution in [-0.4, -0.2) is 22.6 Å². The number of rotatable bonds is 5. The first-order valence-electron chi connectivity index (χ1n) is 8.71. The first-order valence-corrected chi connectivity index (χ1v) is 9.59. The van der Waals surface area contributed by atoms with E-state index in [2.05, 4.69) is 10.3 Å². The molecule has 0 unspecified atom stereocenters. The number of hydrogen-bond donors (Lipinski definition) is 1. The second-order valence-corrected chi connectivity index (χ2v) is 7.15. The Kier molecular flexibility index (Phi) is 5.09. The summed E-state index contributed by atoms with van der Waals surface area (Å²) in [6.45, 7) is -0.174. The summed E-state index contributed by atoms with van der Waals surface area (Å²) in [4.78, 5) is 30.2. The van der Waals surface area contributed by atoms with E-state index in [4.69, 9.17) is 4.74 Å². The third kappa shape index (κ3) is 3.88. The summed E-state index contributed by atoms with van der Waals surface area (Å²) in [5.41, 5.74) is 1.67. The Morgan fingerprint density at radius 2 is 1.90 bits per heavy atom. The van der Waals surface area contributed by atoms with Gasteiger partial charge in [-0.3, -0.25) is 14.2 Å². The molecular formula is C21H16FN3O3S. The van der Waals surface area contributed by atoms with Gasteiger partial charge >= 0.3 is 0 Å². The molecule has 0 saturated heterocycles. The van der Waals surface area contributed by atoms with Crippen molar-refractivity contribution in [1.29, 1.82) is 0 Å². The molecule has 2 aromatic heterocycles. The van der Waals surface area contributed by atoms with Gasteiger partial charge in [0.15, 0.2) is 0 Å². The summed E-state index contributed by atoms with van der Waals surface area (Å²) in [6, 6.07) is 12.8. The van der Waals surface area contributed by atoms with Crippen molar-refractivity contribution in [3.05, 3.63) is 76.4 Å². The molecule has 0 atom stereocenters. The molecule has 0 aliphatic rings. The standard InChI is InChI=1S/C21H16FN3O3S/c1-28-16-8-6-15(7-9-16)24-18(26)10-25-12-23-20-19(21(25)27)17(11-29-20)13-2-4-14(22)5-3-13/h2-9,11-12H,10H2,1H3,(H,24,26). The second-order valence-electron chi connectivity index (χ2n) is 6.29. The molecule has 0 saturated carbocycles. The minimum absolute atomic E-state index is 0.174. The maximum Gasteiger partial charge on any atom is 0.263 e. The maximum atomic E-state index is 13.2. The molecule has 4 rings (SSSR count). The van der Waals surface area contributed by atoms with Crippen molar-refractivity contribution in [2.24, 2.45) is 0 Å². The van der Waals surface area contributed by atoms with Crippen LogP contribution in [0.25, 0.3) is 21.3 Å². The Balaban J connectivity index is 1.61. The van der Waals surface area contributed by atoms with Crippen LogP contribution in [0.3, 0.4) is 0 Å². The van der Waals surface area contributed by atoms with Crippen molar-refractivity contribution < 1.29 is 13.9 Å².